The van der Waals surface area contributed by atoms with E-state index in [0.29, 0.717) is 17.8 Å². The van der Waals surface area contributed by atoms with Crippen LogP contribution >= 0.6 is 11.3 Å². The van der Waals surface area contributed by atoms with E-state index in [1.165, 1.54) is 11.6 Å². The maximum absolute atomic E-state index is 12.7. The van der Waals surface area contributed by atoms with Crippen LogP contribution in [0.4, 0.5) is 5.69 Å². The first-order chi connectivity index (χ1) is 13.6. The summed E-state index contributed by atoms with van der Waals surface area (Å²) < 4.78 is 1.18. The van der Waals surface area contributed by atoms with Gasteiger partial charge < -0.3 is 5.32 Å². The van der Waals surface area contributed by atoms with Gasteiger partial charge in [-0.05, 0) is 50.6 Å². The largest absolute Gasteiger partial charge is 0.324 e. The molecule has 1 aromatic heterocycles. The average Bonchev–Trinajstić information content (AvgIpc) is 3.12. The second-order valence-electron chi connectivity index (χ2n) is 7.15. The van der Waals surface area contributed by atoms with Gasteiger partial charge in [-0.25, -0.2) is 4.98 Å². The zero-order valence-corrected chi connectivity index (χ0v) is 16.7. The molecule has 1 saturated heterocycles. The summed E-state index contributed by atoms with van der Waals surface area (Å²) >= 11 is 1.72. The Hall–Kier alpha value is -2.57. The predicted molar refractivity (Wildman–Crippen MR) is 113 cm³/mol. The molecule has 6 heteroatoms. The third kappa shape index (κ3) is 3.98. The SMILES string of the molecule is CC(=O)c1ccccc1NC(=O)CN1CCCC[C@H]1c1nc2ccccc2s1. The van der Waals surface area contributed by atoms with Crippen molar-refractivity contribution in [1.82, 2.24) is 9.88 Å². The third-order valence-electron chi connectivity index (χ3n) is 5.14. The molecule has 0 saturated carbocycles. The van der Waals surface area contributed by atoms with Gasteiger partial charge in [0.2, 0.25) is 5.91 Å². The Kier molecular flexibility index (Phi) is 5.50. The highest BCUT2D eigenvalue weighted by Gasteiger charge is 2.28. The number of fused-ring (bicyclic) bond motifs is 1. The second kappa shape index (κ2) is 8.20. The Morgan fingerprint density at radius 3 is 2.75 bits per heavy atom. The smallest absolute Gasteiger partial charge is 0.238 e. The molecule has 2 heterocycles. The summed E-state index contributed by atoms with van der Waals surface area (Å²) in [5, 5.41) is 4.00. The number of aromatic nitrogens is 1. The standard InChI is InChI=1S/C22H23N3O2S/c1-15(26)16-8-2-3-9-17(16)23-21(27)14-25-13-7-6-11-19(25)22-24-18-10-4-5-12-20(18)28-22/h2-5,8-10,12,19H,6-7,11,13-14H2,1H3,(H,23,27)/t19-/m0/s1. The van der Waals surface area contributed by atoms with Crippen LogP contribution in [-0.4, -0.2) is 34.7 Å². The van der Waals surface area contributed by atoms with Crippen molar-refractivity contribution in [2.45, 2.75) is 32.2 Å². The molecule has 0 spiro atoms. The summed E-state index contributed by atoms with van der Waals surface area (Å²) in [5.74, 6) is -0.150. The van der Waals surface area contributed by atoms with Crippen LogP contribution in [0.1, 0.15) is 47.6 Å². The minimum Gasteiger partial charge on any atom is -0.324 e. The number of ketones is 1. The Morgan fingerprint density at radius 1 is 1.14 bits per heavy atom. The molecular weight excluding hydrogens is 370 g/mol. The number of hydrogen-bond acceptors (Lipinski definition) is 5. The quantitative estimate of drug-likeness (QED) is 0.640. The zero-order valence-electron chi connectivity index (χ0n) is 15.9. The normalized spacial score (nSPS) is 17.5. The van der Waals surface area contributed by atoms with E-state index in [2.05, 4.69) is 16.3 Å². The maximum atomic E-state index is 12.7. The molecule has 0 radical (unpaired) electrons. The number of amides is 1. The lowest BCUT2D eigenvalue weighted by Gasteiger charge is -2.33. The van der Waals surface area contributed by atoms with E-state index in [1.807, 2.05) is 24.3 Å². The van der Waals surface area contributed by atoms with Gasteiger partial charge in [-0.1, -0.05) is 30.7 Å². The predicted octanol–water partition coefficient (Wildman–Crippen LogP) is 4.66. The number of nitrogens with one attached hydrogen (secondary N) is 1. The fraction of sp³-hybridized carbons (Fsp3) is 0.318. The van der Waals surface area contributed by atoms with Crippen LogP contribution in [0.2, 0.25) is 0 Å². The van der Waals surface area contributed by atoms with Crippen molar-refractivity contribution in [3.8, 4) is 0 Å². The number of benzene rings is 2. The van der Waals surface area contributed by atoms with Crippen molar-refractivity contribution >= 4 is 38.9 Å². The first kappa shape index (κ1) is 18.8. The summed E-state index contributed by atoms with van der Waals surface area (Å²) in [4.78, 5) is 31.5. The lowest BCUT2D eigenvalue weighted by molar-refractivity contribution is -0.118. The van der Waals surface area contributed by atoms with Crippen molar-refractivity contribution in [2.24, 2.45) is 0 Å². The number of Topliss-reactive ketones (excluding diaryl/α,β-unsaturated/α-hetero) is 1. The van der Waals surface area contributed by atoms with Gasteiger partial charge in [-0.15, -0.1) is 11.3 Å². The number of piperidine rings is 1. The molecule has 1 atom stereocenters. The van der Waals surface area contributed by atoms with Crippen molar-refractivity contribution < 1.29 is 9.59 Å². The number of anilines is 1. The van der Waals surface area contributed by atoms with Gasteiger partial charge in [0.15, 0.2) is 5.78 Å². The number of carbonyl (C=O) groups is 2. The summed E-state index contributed by atoms with van der Waals surface area (Å²) in [6.07, 6.45) is 3.24. The summed E-state index contributed by atoms with van der Waals surface area (Å²) in [6.45, 7) is 2.69. The number of carbonyl (C=O) groups excluding carboxylic acids is 2. The van der Waals surface area contributed by atoms with E-state index in [4.69, 9.17) is 4.98 Å². The zero-order chi connectivity index (χ0) is 19.5. The number of likely N-dealkylation sites (tertiary alicyclic amines) is 1. The molecule has 1 aliphatic heterocycles. The van der Waals surface area contributed by atoms with E-state index in [1.54, 1.807) is 29.5 Å². The maximum Gasteiger partial charge on any atom is 0.238 e. The summed E-state index contributed by atoms with van der Waals surface area (Å²) in [5.41, 5.74) is 2.14. The number of thiazole rings is 1. The van der Waals surface area contributed by atoms with E-state index in [9.17, 15) is 9.59 Å². The number of nitrogens with zero attached hydrogens (tertiary/aromatic N) is 2. The Balaban J connectivity index is 1.50. The van der Waals surface area contributed by atoms with E-state index >= 15 is 0 Å². The van der Waals surface area contributed by atoms with Crippen LogP contribution in [-0.2, 0) is 4.79 Å². The molecule has 0 unspecified atom stereocenters. The fourth-order valence-corrected chi connectivity index (χ4v) is 4.90. The molecular formula is C22H23N3O2S. The van der Waals surface area contributed by atoms with E-state index in [0.717, 1.165) is 36.3 Å². The van der Waals surface area contributed by atoms with Crippen molar-refractivity contribution in [3.63, 3.8) is 0 Å². The minimum atomic E-state index is -0.0956. The molecule has 0 bridgehead atoms. The molecule has 5 nitrogen and oxygen atoms in total. The molecule has 1 N–H and O–H groups in total. The monoisotopic (exact) mass is 393 g/mol. The lowest BCUT2D eigenvalue weighted by atomic mass is 10.0. The highest BCUT2D eigenvalue weighted by atomic mass is 32.1. The molecule has 144 valence electrons. The van der Waals surface area contributed by atoms with E-state index in [-0.39, 0.29) is 17.7 Å². The summed E-state index contributed by atoms with van der Waals surface area (Å²) in [6, 6.07) is 15.5. The first-order valence-corrected chi connectivity index (χ1v) is 10.4. The molecule has 28 heavy (non-hydrogen) atoms. The van der Waals surface area contributed by atoms with Gasteiger partial charge in [-0.3, -0.25) is 14.5 Å². The van der Waals surface area contributed by atoms with Crippen LogP contribution in [0.5, 0.6) is 0 Å². The average molecular weight is 394 g/mol. The van der Waals surface area contributed by atoms with Crippen molar-refractivity contribution in [3.05, 3.63) is 59.1 Å². The summed E-state index contributed by atoms with van der Waals surface area (Å²) in [7, 11) is 0. The molecule has 1 fully saturated rings. The lowest BCUT2D eigenvalue weighted by Crippen LogP contribution is -2.39. The van der Waals surface area contributed by atoms with Gasteiger partial charge in [-0.2, -0.15) is 0 Å². The van der Waals surface area contributed by atoms with Crippen LogP contribution in [0.3, 0.4) is 0 Å². The van der Waals surface area contributed by atoms with Crippen molar-refractivity contribution in [1.29, 1.82) is 0 Å². The fourth-order valence-electron chi connectivity index (χ4n) is 3.77. The van der Waals surface area contributed by atoms with Crippen LogP contribution in [0, 0.1) is 0 Å². The van der Waals surface area contributed by atoms with Crippen molar-refractivity contribution in [2.75, 3.05) is 18.4 Å². The highest BCUT2D eigenvalue weighted by Crippen LogP contribution is 2.35. The molecule has 1 amide bonds. The highest BCUT2D eigenvalue weighted by molar-refractivity contribution is 7.18. The second-order valence-corrected chi connectivity index (χ2v) is 8.21. The number of rotatable bonds is 5. The van der Waals surface area contributed by atoms with Gasteiger partial charge in [0.1, 0.15) is 5.01 Å². The van der Waals surface area contributed by atoms with Gasteiger partial charge >= 0.3 is 0 Å². The first-order valence-electron chi connectivity index (χ1n) is 9.61. The molecule has 4 rings (SSSR count). The molecule has 0 aliphatic carbocycles. The minimum absolute atomic E-state index is 0.0544. The Bertz CT molecular complexity index is 981. The van der Waals surface area contributed by atoms with Gasteiger partial charge in [0.25, 0.3) is 0 Å². The molecule has 3 aromatic rings. The Labute approximate surface area is 168 Å². The molecule has 1 aliphatic rings. The van der Waals surface area contributed by atoms with E-state index < -0.39 is 0 Å². The Morgan fingerprint density at radius 2 is 1.93 bits per heavy atom. The third-order valence-corrected chi connectivity index (χ3v) is 6.27. The van der Waals surface area contributed by atoms with Crippen LogP contribution in [0.15, 0.2) is 48.5 Å². The topological polar surface area (TPSA) is 62.3 Å². The van der Waals surface area contributed by atoms with Gasteiger partial charge in [0.05, 0.1) is 28.5 Å². The number of hydrogen-bond donors (Lipinski definition) is 1. The molecule has 2 aromatic carbocycles. The number of para-hydroxylation sites is 2. The van der Waals surface area contributed by atoms with Crippen LogP contribution in [0.25, 0.3) is 10.2 Å². The van der Waals surface area contributed by atoms with Crippen LogP contribution < -0.4 is 5.32 Å². The van der Waals surface area contributed by atoms with Gasteiger partial charge in [0, 0.05) is 5.56 Å².